The second-order valence-electron chi connectivity index (χ2n) is 4.27. The van der Waals surface area contributed by atoms with Gasteiger partial charge in [-0.05, 0) is 37.6 Å². The summed E-state index contributed by atoms with van der Waals surface area (Å²) in [6, 6.07) is 4.30. The summed E-state index contributed by atoms with van der Waals surface area (Å²) in [5.41, 5.74) is 3.55. The lowest BCUT2D eigenvalue weighted by Crippen LogP contribution is -2.20. The van der Waals surface area contributed by atoms with Crippen molar-refractivity contribution in [2.24, 2.45) is 7.05 Å². The molecule has 2 aromatic rings. The van der Waals surface area contributed by atoms with E-state index in [1.54, 1.807) is 0 Å². The number of aryl methyl sites for hydroxylation is 2. The van der Waals surface area contributed by atoms with Gasteiger partial charge in [0.15, 0.2) is 0 Å². The van der Waals surface area contributed by atoms with Gasteiger partial charge in [-0.1, -0.05) is 6.07 Å². The highest BCUT2D eigenvalue weighted by atomic mass is 15.2. The van der Waals surface area contributed by atoms with Crippen molar-refractivity contribution in [3.8, 4) is 0 Å². The van der Waals surface area contributed by atoms with Crippen molar-refractivity contribution >= 4 is 0 Å². The second-order valence-corrected chi connectivity index (χ2v) is 4.27. The number of pyridine rings is 1. The maximum Gasteiger partial charge on any atom is 0.0605 e. The molecular weight excluding hydrogens is 212 g/mol. The largest absolute Gasteiger partial charge is 0.311 e. The van der Waals surface area contributed by atoms with Crippen LogP contribution in [0.2, 0.25) is 0 Å². The van der Waals surface area contributed by atoms with E-state index in [1.807, 2.05) is 43.4 Å². The van der Waals surface area contributed by atoms with Gasteiger partial charge in [-0.2, -0.15) is 5.10 Å². The molecule has 1 N–H and O–H groups in total. The van der Waals surface area contributed by atoms with E-state index in [0.29, 0.717) is 0 Å². The summed E-state index contributed by atoms with van der Waals surface area (Å²) < 4.78 is 1.83. The summed E-state index contributed by atoms with van der Waals surface area (Å²) in [7, 11) is 3.90. The van der Waals surface area contributed by atoms with E-state index in [0.717, 1.165) is 12.1 Å². The standard InChI is InChI=1S/C13H18N4/c1-10-5-4-6-15-13(10)12(14-2)7-11-8-16-17(3)9-11/h4-6,8-9,12,14H,7H2,1-3H3. The third kappa shape index (κ3) is 2.71. The Morgan fingerprint density at radius 2 is 2.29 bits per heavy atom. The molecule has 0 saturated carbocycles. The summed E-state index contributed by atoms with van der Waals surface area (Å²) in [5.74, 6) is 0. The Kier molecular flexibility index (Phi) is 3.54. The SMILES string of the molecule is CNC(Cc1cnn(C)c1)c1ncccc1C. The number of hydrogen-bond acceptors (Lipinski definition) is 3. The first kappa shape index (κ1) is 11.8. The van der Waals surface area contributed by atoms with Crippen LogP contribution >= 0.6 is 0 Å². The van der Waals surface area contributed by atoms with Gasteiger partial charge < -0.3 is 5.32 Å². The van der Waals surface area contributed by atoms with E-state index in [-0.39, 0.29) is 6.04 Å². The second kappa shape index (κ2) is 5.10. The van der Waals surface area contributed by atoms with Gasteiger partial charge in [0.25, 0.3) is 0 Å². The Morgan fingerprint density at radius 3 is 2.88 bits per heavy atom. The molecule has 2 heterocycles. The number of aromatic nitrogens is 3. The highest BCUT2D eigenvalue weighted by Crippen LogP contribution is 2.18. The maximum absolute atomic E-state index is 4.46. The monoisotopic (exact) mass is 230 g/mol. The molecule has 0 aliphatic heterocycles. The minimum absolute atomic E-state index is 0.236. The molecule has 0 aliphatic carbocycles. The Morgan fingerprint density at radius 1 is 1.47 bits per heavy atom. The summed E-state index contributed by atoms with van der Waals surface area (Å²) >= 11 is 0. The van der Waals surface area contributed by atoms with Crippen molar-refractivity contribution in [3.05, 3.63) is 47.5 Å². The van der Waals surface area contributed by atoms with Crippen LogP contribution in [0.3, 0.4) is 0 Å². The van der Waals surface area contributed by atoms with Crippen LogP contribution in [-0.2, 0) is 13.5 Å². The van der Waals surface area contributed by atoms with Crippen LogP contribution in [0.1, 0.15) is 22.9 Å². The molecule has 0 radical (unpaired) electrons. The average molecular weight is 230 g/mol. The minimum atomic E-state index is 0.236. The molecule has 0 aliphatic rings. The van der Waals surface area contributed by atoms with Crippen molar-refractivity contribution in [1.82, 2.24) is 20.1 Å². The van der Waals surface area contributed by atoms with Gasteiger partial charge in [0.05, 0.1) is 17.9 Å². The Bertz CT molecular complexity index is 490. The molecule has 2 aromatic heterocycles. The predicted molar refractivity (Wildman–Crippen MR) is 67.7 cm³/mol. The third-order valence-corrected chi connectivity index (χ3v) is 2.93. The van der Waals surface area contributed by atoms with Gasteiger partial charge in [-0.25, -0.2) is 0 Å². The molecule has 0 aromatic carbocycles. The molecule has 0 saturated heterocycles. The zero-order valence-electron chi connectivity index (χ0n) is 10.5. The highest BCUT2D eigenvalue weighted by Gasteiger charge is 2.14. The first-order valence-corrected chi connectivity index (χ1v) is 5.77. The molecule has 17 heavy (non-hydrogen) atoms. The summed E-state index contributed by atoms with van der Waals surface area (Å²) in [4.78, 5) is 4.46. The van der Waals surface area contributed by atoms with Crippen LogP contribution in [0.5, 0.6) is 0 Å². The molecule has 0 spiro atoms. The Hall–Kier alpha value is -1.68. The molecule has 0 bridgehead atoms. The number of nitrogens with one attached hydrogen (secondary N) is 1. The molecule has 1 unspecified atom stereocenters. The van der Waals surface area contributed by atoms with E-state index in [1.165, 1.54) is 11.1 Å². The van der Waals surface area contributed by atoms with Crippen LogP contribution in [0.15, 0.2) is 30.7 Å². The normalized spacial score (nSPS) is 12.6. The smallest absolute Gasteiger partial charge is 0.0605 e. The van der Waals surface area contributed by atoms with Crippen molar-refractivity contribution in [2.75, 3.05) is 7.05 Å². The van der Waals surface area contributed by atoms with E-state index in [4.69, 9.17) is 0 Å². The van der Waals surface area contributed by atoms with E-state index < -0.39 is 0 Å². The van der Waals surface area contributed by atoms with Gasteiger partial charge in [0.1, 0.15) is 0 Å². The average Bonchev–Trinajstić information content (AvgIpc) is 2.73. The fraction of sp³-hybridized carbons (Fsp3) is 0.385. The maximum atomic E-state index is 4.46. The molecule has 1 atom stereocenters. The van der Waals surface area contributed by atoms with Crippen molar-refractivity contribution < 1.29 is 0 Å². The molecule has 4 heteroatoms. The number of hydrogen-bond donors (Lipinski definition) is 1. The Balaban J connectivity index is 2.20. The molecule has 0 fully saturated rings. The zero-order chi connectivity index (χ0) is 12.3. The van der Waals surface area contributed by atoms with Crippen molar-refractivity contribution in [3.63, 3.8) is 0 Å². The summed E-state index contributed by atoms with van der Waals surface area (Å²) in [5, 5.41) is 7.51. The van der Waals surface area contributed by atoms with Gasteiger partial charge in [-0.3, -0.25) is 9.67 Å². The fourth-order valence-corrected chi connectivity index (χ4v) is 2.01. The van der Waals surface area contributed by atoms with Gasteiger partial charge in [0.2, 0.25) is 0 Å². The van der Waals surface area contributed by atoms with E-state index in [2.05, 4.69) is 28.4 Å². The van der Waals surface area contributed by atoms with Crippen LogP contribution in [0.4, 0.5) is 0 Å². The van der Waals surface area contributed by atoms with Crippen LogP contribution in [0, 0.1) is 6.92 Å². The van der Waals surface area contributed by atoms with Crippen molar-refractivity contribution in [2.45, 2.75) is 19.4 Å². The predicted octanol–water partition coefficient (Wildman–Crippen LogP) is 1.63. The molecular formula is C13H18N4. The van der Waals surface area contributed by atoms with Crippen LogP contribution < -0.4 is 5.32 Å². The van der Waals surface area contributed by atoms with Gasteiger partial charge >= 0.3 is 0 Å². The quantitative estimate of drug-likeness (QED) is 0.868. The third-order valence-electron chi connectivity index (χ3n) is 2.93. The highest BCUT2D eigenvalue weighted by molar-refractivity contribution is 5.23. The van der Waals surface area contributed by atoms with E-state index in [9.17, 15) is 0 Å². The first-order valence-electron chi connectivity index (χ1n) is 5.77. The van der Waals surface area contributed by atoms with Crippen LogP contribution in [-0.4, -0.2) is 21.8 Å². The topological polar surface area (TPSA) is 42.7 Å². The number of likely N-dealkylation sites (N-methyl/N-ethyl adjacent to an activating group) is 1. The lowest BCUT2D eigenvalue weighted by Gasteiger charge is -2.16. The van der Waals surface area contributed by atoms with Gasteiger partial charge in [-0.15, -0.1) is 0 Å². The number of rotatable bonds is 4. The molecule has 2 rings (SSSR count). The van der Waals surface area contributed by atoms with E-state index >= 15 is 0 Å². The Labute approximate surface area is 102 Å². The fourth-order valence-electron chi connectivity index (χ4n) is 2.01. The van der Waals surface area contributed by atoms with Crippen molar-refractivity contribution in [1.29, 1.82) is 0 Å². The lowest BCUT2D eigenvalue weighted by molar-refractivity contribution is 0.572. The molecule has 90 valence electrons. The first-order chi connectivity index (χ1) is 8.20. The summed E-state index contributed by atoms with van der Waals surface area (Å²) in [6.45, 7) is 2.09. The van der Waals surface area contributed by atoms with Crippen LogP contribution in [0.25, 0.3) is 0 Å². The lowest BCUT2D eigenvalue weighted by atomic mass is 10.0. The zero-order valence-corrected chi connectivity index (χ0v) is 10.5. The summed E-state index contributed by atoms with van der Waals surface area (Å²) in [6.07, 6.45) is 6.70. The molecule has 4 nitrogen and oxygen atoms in total. The number of nitrogens with zero attached hydrogens (tertiary/aromatic N) is 3. The molecule has 0 amide bonds. The van der Waals surface area contributed by atoms with Gasteiger partial charge in [0, 0.05) is 19.4 Å². The minimum Gasteiger partial charge on any atom is -0.311 e.